The molecule has 3 rings (SSSR count). The second-order valence-corrected chi connectivity index (χ2v) is 13.3. The van der Waals surface area contributed by atoms with E-state index < -0.39 is 58.6 Å². The number of nitrogen functional groups attached to an aromatic ring is 1. The van der Waals surface area contributed by atoms with Crippen molar-refractivity contribution in [2.24, 2.45) is 5.11 Å². The quantitative estimate of drug-likeness (QED) is 0.0906. The maximum Gasteiger partial charge on any atom is 0.479 e. The van der Waals surface area contributed by atoms with Crippen LogP contribution in [0.25, 0.3) is 21.6 Å². The second kappa shape index (κ2) is 9.37. The van der Waals surface area contributed by atoms with Crippen molar-refractivity contribution in [1.29, 1.82) is 0 Å². The number of aliphatic hydroxyl groups is 1. The van der Waals surface area contributed by atoms with Crippen molar-refractivity contribution >= 4 is 40.1 Å². The summed E-state index contributed by atoms with van der Waals surface area (Å²) in [6.45, 7) is -0.549. The molecule has 1 fully saturated rings. The molecule has 8 N–H and O–H groups in total. The van der Waals surface area contributed by atoms with Gasteiger partial charge in [0.1, 0.15) is 12.3 Å². The first kappa shape index (κ1) is 27.4. The van der Waals surface area contributed by atoms with Crippen LogP contribution in [0.15, 0.2) is 16.2 Å². The summed E-state index contributed by atoms with van der Waals surface area (Å²) < 4.78 is 51.6. The number of aromatic amines is 1. The molecular weight excluding hydrogens is 541 g/mol. The fourth-order valence-electron chi connectivity index (χ4n) is 2.96. The number of nitrogens with one attached hydrogen (secondary N) is 1. The zero-order valence-electron chi connectivity index (χ0n) is 17.4. The van der Waals surface area contributed by atoms with E-state index in [1.165, 1.54) is 10.9 Å². The lowest BCUT2D eigenvalue weighted by atomic mass is 10.2. The number of phosphoric ester groups is 1. The number of nitrogens with zero attached hydrogens (tertiary/aromatic N) is 6. The number of nitrogens with two attached hydrogens (primary N) is 1. The van der Waals surface area contributed by atoms with Gasteiger partial charge in [0.05, 0.1) is 19.0 Å². The van der Waals surface area contributed by atoms with E-state index in [-0.39, 0.29) is 23.5 Å². The molecule has 2 aromatic heterocycles. The van der Waals surface area contributed by atoms with Gasteiger partial charge in [0, 0.05) is 11.3 Å². The molecule has 194 valence electrons. The van der Waals surface area contributed by atoms with Crippen molar-refractivity contribution in [3.63, 3.8) is 0 Å². The Balaban J connectivity index is 1.73. The van der Waals surface area contributed by atoms with Gasteiger partial charge in [-0.1, -0.05) is 5.11 Å². The molecular formula is C12H19N8O12P3. The van der Waals surface area contributed by atoms with E-state index in [1.807, 2.05) is 0 Å². The average molecular weight is 560 g/mol. The smallest absolute Gasteiger partial charge is 0.390 e. The van der Waals surface area contributed by atoms with E-state index in [9.17, 15) is 43.2 Å². The molecule has 0 amide bonds. The Morgan fingerprint density at radius 1 is 1.40 bits per heavy atom. The number of fused-ring (bicyclic) bond motifs is 1. The summed E-state index contributed by atoms with van der Waals surface area (Å²) in [5.74, 6) is -0.211. The number of anilines is 1. The minimum atomic E-state index is -5.83. The highest BCUT2D eigenvalue weighted by Crippen LogP contribution is 2.76. The summed E-state index contributed by atoms with van der Waals surface area (Å²) in [6, 6.07) is 0. The zero-order chi connectivity index (χ0) is 26.4. The van der Waals surface area contributed by atoms with Crippen LogP contribution in [0, 0.1) is 0 Å². The molecule has 0 spiro atoms. The van der Waals surface area contributed by atoms with E-state index in [2.05, 4.69) is 33.8 Å². The molecule has 2 aromatic rings. The summed E-state index contributed by atoms with van der Waals surface area (Å²) in [6.07, 6.45) is -2.56. The molecule has 0 saturated carbocycles. The zero-order valence-corrected chi connectivity index (χ0v) is 20.1. The number of phosphoric acid groups is 1. The van der Waals surface area contributed by atoms with Crippen LogP contribution in [0.2, 0.25) is 0 Å². The standard InChI is InChI=1S/C12H19N8O12P3/c1-12(18-19-14,33(23,24)25)34(26,27)32-35(28,29)30-3-6-5(21)2-7(31-6)20-4-15-8-9(20)16-11(13)17-10(8)22/h4-7,21H,2-3H2,1H3,(H,26,27)(H,28,29)(H2,23,24,25)(H3,13,16,17,22)/t5-,6+,7+,12?/m0/s1. The summed E-state index contributed by atoms with van der Waals surface area (Å²) in [5.41, 5.74) is 13.3. The van der Waals surface area contributed by atoms with Gasteiger partial charge in [-0.2, -0.15) is 4.98 Å². The van der Waals surface area contributed by atoms with E-state index in [4.69, 9.17) is 16.0 Å². The van der Waals surface area contributed by atoms with Crippen LogP contribution < -0.4 is 11.3 Å². The number of hydrogen-bond donors (Lipinski definition) is 7. The van der Waals surface area contributed by atoms with Crippen LogP contribution >= 0.6 is 23.0 Å². The molecule has 23 heteroatoms. The van der Waals surface area contributed by atoms with Gasteiger partial charge in [-0.05, 0) is 12.5 Å². The Kier molecular flexibility index (Phi) is 7.34. The third kappa shape index (κ3) is 5.34. The Bertz CT molecular complexity index is 1380. The van der Waals surface area contributed by atoms with Crippen LogP contribution in [0.5, 0.6) is 0 Å². The minimum absolute atomic E-state index is 0.0252. The van der Waals surface area contributed by atoms with Crippen molar-refractivity contribution in [1.82, 2.24) is 19.5 Å². The van der Waals surface area contributed by atoms with Crippen molar-refractivity contribution in [3.05, 3.63) is 27.1 Å². The molecule has 1 aliphatic heterocycles. The Morgan fingerprint density at radius 2 is 2.06 bits per heavy atom. The number of rotatable bonds is 9. The number of imidazole rings is 1. The van der Waals surface area contributed by atoms with E-state index in [0.29, 0.717) is 6.92 Å². The van der Waals surface area contributed by atoms with Crippen molar-refractivity contribution in [2.75, 3.05) is 12.3 Å². The normalized spacial score (nSPS) is 25.9. The van der Waals surface area contributed by atoms with Crippen LogP contribution in [0.1, 0.15) is 19.6 Å². The Hall–Kier alpha value is -2.17. The second-order valence-electron chi connectivity index (χ2n) is 7.28. The lowest BCUT2D eigenvalue weighted by Crippen LogP contribution is -2.26. The predicted molar refractivity (Wildman–Crippen MR) is 113 cm³/mol. The largest absolute Gasteiger partial charge is 0.479 e. The molecule has 0 aliphatic carbocycles. The van der Waals surface area contributed by atoms with Crippen LogP contribution in [-0.2, 0) is 27.3 Å². The molecule has 0 bridgehead atoms. The Labute approximate surface area is 193 Å². The molecule has 20 nitrogen and oxygen atoms in total. The number of ether oxygens (including phenoxy) is 1. The van der Waals surface area contributed by atoms with E-state index in [0.717, 1.165) is 0 Å². The summed E-state index contributed by atoms with van der Waals surface area (Å²) >= 11 is 0. The molecule has 35 heavy (non-hydrogen) atoms. The molecule has 1 saturated heterocycles. The minimum Gasteiger partial charge on any atom is -0.390 e. The fraction of sp³-hybridized carbons (Fsp3) is 0.583. The highest BCUT2D eigenvalue weighted by Gasteiger charge is 2.60. The molecule has 0 radical (unpaired) electrons. The van der Waals surface area contributed by atoms with Crippen molar-refractivity contribution in [3.8, 4) is 0 Å². The third-order valence-electron chi connectivity index (χ3n) is 4.90. The maximum absolute atomic E-state index is 12.4. The number of H-pyrrole nitrogens is 1. The lowest BCUT2D eigenvalue weighted by molar-refractivity contribution is -0.0421. The average Bonchev–Trinajstić information content (AvgIpc) is 3.28. The predicted octanol–water partition coefficient (Wildman–Crippen LogP) is -0.169. The monoisotopic (exact) mass is 560 g/mol. The van der Waals surface area contributed by atoms with Gasteiger partial charge in [0.25, 0.3) is 5.56 Å². The van der Waals surface area contributed by atoms with Crippen LogP contribution in [0.4, 0.5) is 5.95 Å². The van der Waals surface area contributed by atoms with Crippen LogP contribution in [0.3, 0.4) is 0 Å². The van der Waals surface area contributed by atoms with Gasteiger partial charge in [-0.3, -0.25) is 28.0 Å². The molecule has 6 atom stereocenters. The van der Waals surface area contributed by atoms with Crippen molar-refractivity contribution < 1.29 is 51.9 Å². The number of hydrogen-bond acceptors (Lipinski definition) is 12. The number of aliphatic hydroxyl groups excluding tert-OH is 1. The van der Waals surface area contributed by atoms with E-state index >= 15 is 0 Å². The highest BCUT2D eigenvalue weighted by molar-refractivity contribution is 7.76. The fourth-order valence-corrected chi connectivity index (χ4v) is 7.18. The summed E-state index contributed by atoms with van der Waals surface area (Å²) in [7, 11) is -17.1. The van der Waals surface area contributed by atoms with E-state index in [1.54, 1.807) is 0 Å². The first-order valence-electron chi connectivity index (χ1n) is 9.20. The van der Waals surface area contributed by atoms with Gasteiger partial charge < -0.3 is 35.2 Å². The number of azide groups is 1. The molecule has 3 unspecified atom stereocenters. The van der Waals surface area contributed by atoms with Gasteiger partial charge in [-0.25, -0.2) is 13.9 Å². The van der Waals surface area contributed by atoms with Crippen LogP contribution in [-0.4, -0.2) is 68.0 Å². The van der Waals surface area contributed by atoms with Gasteiger partial charge in [0.15, 0.2) is 11.2 Å². The maximum atomic E-state index is 12.4. The molecule has 1 aliphatic rings. The Morgan fingerprint density at radius 3 is 2.66 bits per heavy atom. The highest BCUT2D eigenvalue weighted by atomic mass is 31.3. The first-order chi connectivity index (χ1) is 16.0. The topological polar surface area (TPSA) is 318 Å². The molecule has 3 heterocycles. The SMILES string of the molecule is CC(N=[N+]=[N-])(P(=O)(O)O)P(=O)(O)OP(=O)(O)OC[C@H]1O[C@@H](n2cnc3c(=O)[nH]c(N)nc32)C[C@@H]1O. The number of aromatic nitrogens is 4. The first-order valence-corrected chi connectivity index (χ1v) is 13.9. The third-order valence-corrected chi connectivity index (χ3v) is 11.0. The van der Waals surface area contributed by atoms with Gasteiger partial charge in [-0.15, -0.1) is 0 Å². The summed E-state index contributed by atoms with van der Waals surface area (Å²) in [4.78, 5) is 62.4. The van der Waals surface area contributed by atoms with Gasteiger partial charge in [0.2, 0.25) is 11.0 Å². The lowest BCUT2D eigenvalue weighted by Gasteiger charge is -2.29. The molecule has 0 aromatic carbocycles. The summed E-state index contributed by atoms with van der Waals surface area (Å²) in [5, 5.41) is 9.39. The van der Waals surface area contributed by atoms with Crippen molar-refractivity contribution in [2.45, 2.75) is 36.8 Å². The van der Waals surface area contributed by atoms with Gasteiger partial charge >= 0.3 is 23.0 Å².